The number of aliphatic hydroxyl groups excluding tert-OH is 2. The highest BCUT2D eigenvalue weighted by atomic mass is 16.6. The molecule has 5 heteroatoms. The van der Waals surface area contributed by atoms with Gasteiger partial charge in [-0.05, 0) is 42.9 Å². The zero-order valence-electron chi connectivity index (χ0n) is 17.0. The molecule has 2 N–H and O–H groups in total. The molecule has 3 saturated carbocycles. The predicted molar refractivity (Wildman–Crippen MR) is 102 cm³/mol. The van der Waals surface area contributed by atoms with Gasteiger partial charge in [0.2, 0.25) is 0 Å². The molecule has 0 aromatic heterocycles. The maximum absolute atomic E-state index is 13.1. The quantitative estimate of drug-likeness (QED) is 0.583. The molecule has 3 rings (SSSR count). The molecule has 3 fully saturated rings. The zero-order chi connectivity index (χ0) is 20.2. The van der Waals surface area contributed by atoms with Crippen LogP contribution in [0.3, 0.4) is 0 Å². The van der Waals surface area contributed by atoms with Crippen LogP contribution in [0.1, 0.15) is 59.8 Å². The smallest absolute Gasteiger partial charge is 0.332 e. The van der Waals surface area contributed by atoms with Crippen molar-refractivity contribution in [2.24, 2.45) is 34.0 Å². The largest absolute Gasteiger partial charge is 0.460 e. The van der Waals surface area contributed by atoms with E-state index >= 15 is 0 Å². The van der Waals surface area contributed by atoms with E-state index in [9.17, 15) is 19.8 Å². The number of hydrogen-bond acceptors (Lipinski definition) is 5. The van der Waals surface area contributed by atoms with E-state index in [1.807, 2.05) is 6.92 Å². The monoisotopic (exact) mass is 378 g/mol. The molecule has 0 spiro atoms. The second-order valence-electron chi connectivity index (χ2n) is 9.72. The lowest BCUT2D eigenvalue weighted by atomic mass is 9.44. The summed E-state index contributed by atoms with van der Waals surface area (Å²) in [4.78, 5) is 25.2. The summed E-state index contributed by atoms with van der Waals surface area (Å²) in [6.07, 6.45) is 4.10. The van der Waals surface area contributed by atoms with E-state index in [4.69, 9.17) is 4.74 Å². The Morgan fingerprint density at radius 3 is 2.59 bits per heavy atom. The standard InChI is InChI=1S/C22H34O5/c1-6-20(4)11-16(27-17(25)12-23)21(5)13(2)7-9-22(14(3)19(20)26)10-8-15(24)18(21)22/h6,13-14,16,18-19,23,26H,1,7-12H2,2-5H3/t13?,14-,16+,18?,19-,20+,21-,22-/m0/s1. The summed E-state index contributed by atoms with van der Waals surface area (Å²) in [7, 11) is 0. The summed E-state index contributed by atoms with van der Waals surface area (Å²) in [5.41, 5.74) is -1.43. The molecule has 0 amide bonds. The zero-order valence-corrected chi connectivity index (χ0v) is 17.0. The van der Waals surface area contributed by atoms with E-state index in [0.29, 0.717) is 12.8 Å². The summed E-state index contributed by atoms with van der Waals surface area (Å²) >= 11 is 0. The van der Waals surface area contributed by atoms with Gasteiger partial charge in [-0.25, -0.2) is 4.79 Å². The molecule has 0 aliphatic heterocycles. The van der Waals surface area contributed by atoms with Crippen LogP contribution in [0.2, 0.25) is 0 Å². The Morgan fingerprint density at radius 2 is 2.00 bits per heavy atom. The van der Waals surface area contributed by atoms with E-state index < -0.39 is 35.6 Å². The molecule has 2 bridgehead atoms. The number of carbonyl (C=O) groups excluding carboxylic acids is 2. The minimum absolute atomic E-state index is 0.0433. The average Bonchev–Trinajstić information content (AvgIpc) is 3.00. The SMILES string of the molecule is C=C[C@]1(C)C[C@@H](OC(=O)CO)[C@]2(C)C(C)CC[C@]3(CCC(=O)C32)[C@@H](C)[C@@H]1O. The summed E-state index contributed by atoms with van der Waals surface area (Å²) in [6, 6.07) is 0. The maximum atomic E-state index is 13.1. The Morgan fingerprint density at radius 1 is 1.33 bits per heavy atom. The molecular formula is C22H34O5. The van der Waals surface area contributed by atoms with Crippen LogP contribution in [-0.4, -0.2) is 40.8 Å². The van der Waals surface area contributed by atoms with Gasteiger partial charge in [-0.2, -0.15) is 0 Å². The number of aliphatic hydroxyl groups is 2. The van der Waals surface area contributed by atoms with E-state index in [1.54, 1.807) is 6.08 Å². The molecule has 3 aliphatic rings. The molecule has 0 aromatic rings. The Kier molecular flexibility index (Phi) is 5.09. The molecule has 2 unspecified atom stereocenters. The lowest BCUT2D eigenvalue weighted by Gasteiger charge is -2.61. The summed E-state index contributed by atoms with van der Waals surface area (Å²) in [5.74, 6) is -0.520. The number of carbonyl (C=O) groups is 2. The molecule has 27 heavy (non-hydrogen) atoms. The highest BCUT2D eigenvalue weighted by Crippen LogP contribution is 2.67. The van der Waals surface area contributed by atoms with Crippen LogP contribution in [-0.2, 0) is 14.3 Å². The second kappa shape index (κ2) is 6.70. The van der Waals surface area contributed by atoms with Crippen molar-refractivity contribution in [1.29, 1.82) is 0 Å². The third kappa shape index (κ3) is 2.72. The number of Topliss-reactive ketones (excluding diaryl/α,β-unsaturated/α-hetero) is 1. The van der Waals surface area contributed by atoms with Crippen LogP contribution < -0.4 is 0 Å². The van der Waals surface area contributed by atoms with Gasteiger partial charge >= 0.3 is 5.97 Å². The Labute approximate surface area is 162 Å². The van der Waals surface area contributed by atoms with Crippen molar-refractivity contribution in [3.8, 4) is 0 Å². The van der Waals surface area contributed by atoms with E-state index in [2.05, 4.69) is 27.4 Å². The fourth-order valence-corrected chi connectivity index (χ4v) is 6.70. The van der Waals surface area contributed by atoms with Gasteiger partial charge in [0.05, 0.1) is 6.10 Å². The van der Waals surface area contributed by atoms with Crippen LogP contribution in [0.25, 0.3) is 0 Å². The van der Waals surface area contributed by atoms with Crippen LogP contribution >= 0.6 is 0 Å². The van der Waals surface area contributed by atoms with Gasteiger partial charge in [-0.15, -0.1) is 6.58 Å². The lowest BCUT2D eigenvalue weighted by molar-refractivity contribution is -0.207. The highest BCUT2D eigenvalue weighted by Gasteiger charge is 2.68. The number of ketones is 1. The first-order chi connectivity index (χ1) is 12.6. The summed E-state index contributed by atoms with van der Waals surface area (Å²) in [6.45, 7) is 11.5. The molecular weight excluding hydrogens is 344 g/mol. The van der Waals surface area contributed by atoms with Gasteiger partial charge < -0.3 is 14.9 Å². The number of rotatable bonds is 3. The third-order valence-electron chi connectivity index (χ3n) is 8.70. The maximum Gasteiger partial charge on any atom is 0.332 e. The first-order valence-corrected chi connectivity index (χ1v) is 10.2. The number of hydrogen-bond donors (Lipinski definition) is 2. The lowest BCUT2D eigenvalue weighted by Crippen LogP contribution is -2.63. The molecule has 0 aromatic carbocycles. The first-order valence-electron chi connectivity index (χ1n) is 10.2. The fourth-order valence-electron chi connectivity index (χ4n) is 6.70. The predicted octanol–water partition coefficient (Wildman–Crippen LogP) is 2.89. The van der Waals surface area contributed by atoms with E-state index in [-0.39, 0.29) is 29.0 Å². The summed E-state index contributed by atoms with van der Waals surface area (Å²) in [5, 5.41) is 20.6. The molecule has 152 valence electrons. The highest BCUT2D eigenvalue weighted by molar-refractivity contribution is 5.85. The number of ether oxygens (including phenoxy) is 1. The van der Waals surface area contributed by atoms with Gasteiger partial charge in [0.1, 0.15) is 18.5 Å². The average molecular weight is 379 g/mol. The molecule has 0 heterocycles. The van der Waals surface area contributed by atoms with Crippen LogP contribution in [0.4, 0.5) is 0 Å². The van der Waals surface area contributed by atoms with Crippen molar-refractivity contribution < 1.29 is 24.5 Å². The minimum Gasteiger partial charge on any atom is -0.460 e. The molecule has 0 radical (unpaired) electrons. The van der Waals surface area contributed by atoms with Gasteiger partial charge in [-0.1, -0.05) is 33.8 Å². The van der Waals surface area contributed by atoms with Crippen molar-refractivity contribution in [3.05, 3.63) is 12.7 Å². The van der Waals surface area contributed by atoms with Gasteiger partial charge in [-0.3, -0.25) is 4.79 Å². The van der Waals surface area contributed by atoms with Gasteiger partial charge in [0, 0.05) is 23.2 Å². The van der Waals surface area contributed by atoms with Gasteiger partial charge in [0.15, 0.2) is 0 Å². The third-order valence-corrected chi connectivity index (χ3v) is 8.70. The van der Waals surface area contributed by atoms with Crippen LogP contribution in [0, 0.1) is 34.0 Å². The van der Waals surface area contributed by atoms with Crippen LogP contribution in [0.5, 0.6) is 0 Å². The molecule has 0 saturated heterocycles. The first kappa shape index (κ1) is 20.5. The normalized spacial score (nSPS) is 49.7. The Hall–Kier alpha value is -1.20. The van der Waals surface area contributed by atoms with E-state index in [0.717, 1.165) is 19.3 Å². The Balaban J connectivity index is 2.21. The summed E-state index contributed by atoms with van der Waals surface area (Å²) < 4.78 is 5.77. The minimum atomic E-state index is -0.686. The van der Waals surface area contributed by atoms with Crippen LogP contribution in [0.15, 0.2) is 12.7 Å². The van der Waals surface area contributed by atoms with E-state index in [1.165, 1.54) is 0 Å². The fraction of sp³-hybridized carbons (Fsp3) is 0.818. The topological polar surface area (TPSA) is 83.8 Å². The van der Waals surface area contributed by atoms with Crippen molar-refractivity contribution in [3.63, 3.8) is 0 Å². The molecule has 8 atom stereocenters. The number of esters is 1. The van der Waals surface area contributed by atoms with Crippen molar-refractivity contribution in [2.45, 2.75) is 72.0 Å². The van der Waals surface area contributed by atoms with Crippen molar-refractivity contribution in [1.82, 2.24) is 0 Å². The van der Waals surface area contributed by atoms with Gasteiger partial charge in [0.25, 0.3) is 0 Å². The van der Waals surface area contributed by atoms with Crippen molar-refractivity contribution in [2.75, 3.05) is 6.61 Å². The molecule has 3 aliphatic carbocycles. The Bertz CT molecular complexity index is 645. The van der Waals surface area contributed by atoms with Crippen molar-refractivity contribution >= 4 is 11.8 Å². The second-order valence-corrected chi connectivity index (χ2v) is 9.72. The molecule has 5 nitrogen and oxygen atoms in total.